The van der Waals surface area contributed by atoms with Crippen molar-refractivity contribution < 1.29 is 9.47 Å². The van der Waals surface area contributed by atoms with E-state index in [1.165, 1.54) is 11.8 Å². The van der Waals surface area contributed by atoms with Crippen molar-refractivity contribution >= 4 is 23.4 Å². The molecule has 6 heteroatoms. The first kappa shape index (κ1) is 19.1. The first-order chi connectivity index (χ1) is 13.1. The van der Waals surface area contributed by atoms with E-state index in [1.807, 2.05) is 54.8 Å². The molecule has 1 aromatic heterocycles. The first-order valence-corrected chi connectivity index (χ1v) is 9.69. The van der Waals surface area contributed by atoms with Crippen LogP contribution in [0, 0.1) is 11.3 Å². The maximum Gasteiger partial charge on any atom is 0.128 e. The highest BCUT2D eigenvalue weighted by atomic mass is 35.5. The lowest BCUT2D eigenvalue weighted by atomic mass is 9.99. The van der Waals surface area contributed by atoms with Gasteiger partial charge >= 0.3 is 0 Å². The van der Waals surface area contributed by atoms with Crippen LogP contribution in [0.2, 0.25) is 5.02 Å². The standard InChI is InChI=1S/C21H17ClN2O2S/c1-25-15-8-9-20(26-2)17(10-15)19-11-16(13-4-6-14(22)7-5-13)18(12-23)21(24-19)27-3/h4-11H,1-3H3. The van der Waals surface area contributed by atoms with Crippen molar-refractivity contribution in [2.24, 2.45) is 0 Å². The van der Waals surface area contributed by atoms with E-state index in [0.717, 1.165) is 16.7 Å². The Morgan fingerprint density at radius 3 is 2.33 bits per heavy atom. The molecule has 0 atom stereocenters. The molecule has 0 unspecified atom stereocenters. The summed E-state index contributed by atoms with van der Waals surface area (Å²) >= 11 is 7.45. The number of ether oxygens (including phenoxy) is 2. The number of benzene rings is 2. The van der Waals surface area contributed by atoms with Crippen molar-refractivity contribution in [3.8, 4) is 40.0 Å². The van der Waals surface area contributed by atoms with Crippen LogP contribution >= 0.6 is 23.4 Å². The maximum absolute atomic E-state index is 9.72. The quantitative estimate of drug-likeness (QED) is 0.519. The van der Waals surface area contributed by atoms with E-state index in [9.17, 15) is 5.26 Å². The van der Waals surface area contributed by atoms with Crippen molar-refractivity contribution in [3.05, 3.63) is 59.1 Å². The van der Waals surface area contributed by atoms with E-state index in [1.54, 1.807) is 14.2 Å². The van der Waals surface area contributed by atoms with Gasteiger partial charge in [-0.1, -0.05) is 23.7 Å². The maximum atomic E-state index is 9.72. The second kappa shape index (κ2) is 8.34. The molecule has 0 saturated heterocycles. The van der Waals surface area contributed by atoms with Gasteiger partial charge in [0.25, 0.3) is 0 Å². The summed E-state index contributed by atoms with van der Waals surface area (Å²) in [5, 5.41) is 11.0. The van der Waals surface area contributed by atoms with Crippen molar-refractivity contribution in [1.82, 2.24) is 4.98 Å². The smallest absolute Gasteiger partial charge is 0.128 e. The number of nitrogens with zero attached hydrogens (tertiary/aromatic N) is 2. The van der Waals surface area contributed by atoms with E-state index in [-0.39, 0.29) is 0 Å². The third kappa shape index (κ3) is 3.87. The molecule has 3 rings (SSSR count). The number of pyridine rings is 1. The molecule has 1 heterocycles. The lowest BCUT2D eigenvalue weighted by Gasteiger charge is -2.14. The molecule has 0 amide bonds. The van der Waals surface area contributed by atoms with E-state index >= 15 is 0 Å². The van der Waals surface area contributed by atoms with Gasteiger partial charge in [-0.2, -0.15) is 5.26 Å². The lowest BCUT2D eigenvalue weighted by molar-refractivity contribution is 0.404. The molecule has 27 heavy (non-hydrogen) atoms. The number of thioether (sulfide) groups is 1. The molecule has 0 N–H and O–H groups in total. The van der Waals surface area contributed by atoms with Crippen LogP contribution in [0.25, 0.3) is 22.4 Å². The number of hydrogen-bond donors (Lipinski definition) is 0. The molecule has 0 spiro atoms. The van der Waals surface area contributed by atoms with Crippen LogP contribution in [0.1, 0.15) is 5.56 Å². The molecule has 0 aliphatic rings. The van der Waals surface area contributed by atoms with E-state index < -0.39 is 0 Å². The Labute approximate surface area is 167 Å². The highest BCUT2D eigenvalue weighted by Gasteiger charge is 2.17. The summed E-state index contributed by atoms with van der Waals surface area (Å²) in [4.78, 5) is 4.70. The number of nitriles is 1. The Balaban J connectivity index is 2.28. The van der Waals surface area contributed by atoms with Crippen LogP contribution in [0.15, 0.2) is 53.6 Å². The third-order valence-electron chi connectivity index (χ3n) is 4.13. The molecular weight excluding hydrogens is 380 g/mol. The first-order valence-electron chi connectivity index (χ1n) is 8.08. The zero-order chi connectivity index (χ0) is 19.4. The average molecular weight is 397 g/mol. The average Bonchev–Trinajstić information content (AvgIpc) is 2.72. The molecular formula is C21H17ClN2O2S. The minimum Gasteiger partial charge on any atom is -0.497 e. The fourth-order valence-corrected chi connectivity index (χ4v) is 3.46. The lowest BCUT2D eigenvalue weighted by Crippen LogP contribution is -1.97. The summed E-state index contributed by atoms with van der Waals surface area (Å²) in [5.41, 5.74) is 3.74. The van der Waals surface area contributed by atoms with Crippen molar-refractivity contribution in [2.75, 3.05) is 20.5 Å². The SMILES string of the molecule is COc1ccc(OC)c(-c2cc(-c3ccc(Cl)cc3)c(C#N)c(SC)n2)c1. The van der Waals surface area contributed by atoms with Gasteiger partial charge in [0.15, 0.2) is 0 Å². The fourth-order valence-electron chi connectivity index (χ4n) is 2.79. The molecule has 2 aromatic carbocycles. The molecule has 136 valence electrons. The Morgan fingerprint density at radius 1 is 1.00 bits per heavy atom. The van der Waals surface area contributed by atoms with Crippen LogP contribution in [0.5, 0.6) is 11.5 Å². The van der Waals surface area contributed by atoms with Crippen molar-refractivity contribution in [1.29, 1.82) is 5.26 Å². The van der Waals surface area contributed by atoms with Gasteiger partial charge in [0, 0.05) is 16.1 Å². The summed E-state index contributed by atoms with van der Waals surface area (Å²) in [7, 11) is 3.23. The molecule has 4 nitrogen and oxygen atoms in total. The zero-order valence-electron chi connectivity index (χ0n) is 15.1. The number of aromatic nitrogens is 1. The van der Waals surface area contributed by atoms with Gasteiger partial charge in [0.1, 0.15) is 22.6 Å². The second-order valence-electron chi connectivity index (χ2n) is 5.62. The van der Waals surface area contributed by atoms with Crippen molar-refractivity contribution in [2.45, 2.75) is 5.03 Å². The van der Waals surface area contributed by atoms with E-state index in [2.05, 4.69) is 6.07 Å². The Bertz CT molecular complexity index is 1010. The Hall–Kier alpha value is -2.68. The highest BCUT2D eigenvalue weighted by Crippen LogP contribution is 2.38. The summed E-state index contributed by atoms with van der Waals surface area (Å²) in [6, 6.07) is 17.2. The number of hydrogen-bond acceptors (Lipinski definition) is 5. The van der Waals surface area contributed by atoms with Gasteiger partial charge in [-0.25, -0.2) is 4.98 Å². The number of rotatable bonds is 5. The zero-order valence-corrected chi connectivity index (χ0v) is 16.7. The topological polar surface area (TPSA) is 55.1 Å². The van der Waals surface area contributed by atoms with Gasteiger partial charge in [0.2, 0.25) is 0 Å². The molecule has 0 saturated carbocycles. The van der Waals surface area contributed by atoms with Crippen LogP contribution < -0.4 is 9.47 Å². The minimum absolute atomic E-state index is 0.537. The van der Waals surface area contributed by atoms with Gasteiger partial charge in [-0.3, -0.25) is 0 Å². The molecule has 0 aliphatic carbocycles. The van der Waals surface area contributed by atoms with Gasteiger partial charge in [0.05, 0.1) is 25.5 Å². The molecule has 3 aromatic rings. The Morgan fingerprint density at radius 2 is 1.74 bits per heavy atom. The summed E-state index contributed by atoms with van der Waals surface area (Å²) in [5.74, 6) is 1.39. The molecule has 0 aliphatic heterocycles. The minimum atomic E-state index is 0.537. The monoisotopic (exact) mass is 396 g/mol. The van der Waals surface area contributed by atoms with Crippen LogP contribution in [-0.2, 0) is 0 Å². The van der Waals surface area contributed by atoms with E-state index in [0.29, 0.717) is 32.8 Å². The summed E-state index contributed by atoms with van der Waals surface area (Å²) < 4.78 is 10.9. The molecule has 0 bridgehead atoms. The summed E-state index contributed by atoms with van der Waals surface area (Å²) in [6.45, 7) is 0. The normalized spacial score (nSPS) is 10.3. The van der Waals surface area contributed by atoms with Gasteiger partial charge < -0.3 is 9.47 Å². The Kier molecular flexibility index (Phi) is 5.90. The summed E-state index contributed by atoms with van der Waals surface area (Å²) in [6.07, 6.45) is 1.90. The van der Waals surface area contributed by atoms with Gasteiger partial charge in [-0.15, -0.1) is 11.8 Å². The van der Waals surface area contributed by atoms with E-state index in [4.69, 9.17) is 26.1 Å². The highest BCUT2D eigenvalue weighted by molar-refractivity contribution is 7.98. The number of methoxy groups -OCH3 is 2. The largest absolute Gasteiger partial charge is 0.497 e. The molecule has 0 fully saturated rings. The fraction of sp³-hybridized carbons (Fsp3) is 0.143. The van der Waals surface area contributed by atoms with Crippen LogP contribution in [-0.4, -0.2) is 25.5 Å². The number of halogens is 1. The van der Waals surface area contributed by atoms with Gasteiger partial charge in [-0.05, 0) is 48.2 Å². The second-order valence-corrected chi connectivity index (χ2v) is 6.86. The van der Waals surface area contributed by atoms with Crippen molar-refractivity contribution in [3.63, 3.8) is 0 Å². The van der Waals surface area contributed by atoms with Crippen LogP contribution in [0.4, 0.5) is 0 Å². The molecule has 0 radical (unpaired) electrons. The predicted molar refractivity (Wildman–Crippen MR) is 110 cm³/mol. The van der Waals surface area contributed by atoms with Crippen LogP contribution in [0.3, 0.4) is 0 Å². The predicted octanol–water partition coefficient (Wildman–Crippen LogP) is 5.68. The third-order valence-corrected chi connectivity index (χ3v) is 5.06.